The van der Waals surface area contributed by atoms with E-state index in [0.717, 1.165) is 11.4 Å². The van der Waals surface area contributed by atoms with Crippen molar-refractivity contribution < 1.29 is 14.6 Å². The van der Waals surface area contributed by atoms with Crippen molar-refractivity contribution in [3.8, 4) is 5.75 Å². The molecule has 0 amide bonds. The molecule has 0 saturated heterocycles. The van der Waals surface area contributed by atoms with E-state index in [1.807, 2.05) is 19.9 Å². The van der Waals surface area contributed by atoms with Crippen LogP contribution >= 0.6 is 0 Å². The van der Waals surface area contributed by atoms with Crippen LogP contribution < -0.4 is 4.74 Å². The van der Waals surface area contributed by atoms with Gasteiger partial charge in [0.2, 0.25) is 0 Å². The first-order valence-electron chi connectivity index (χ1n) is 5.21. The first kappa shape index (κ1) is 10.9. The standard InChI is InChI=1S/C12H15NO3/c1-12(2)9(10(12)11(14)15)8-6-7(16-3)4-5-13-8/h4-6,9-10H,1-3H3,(H,14,15)/t9-,10+/m0/s1. The fourth-order valence-electron chi connectivity index (χ4n) is 2.38. The molecule has 16 heavy (non-hydrogen) atoms. The van der Waals surface area contributed by atoms with Crippen LogP contribution in [-0.4, -0.2) is 23.2 Å². The monoisotopic (exact) mass is 221 g/mol. The van der Waals surface area contributed by atoms with Gasteiger partial charge in [-0.15, -0.1) is 0 Å². The van der Waals surface area contributed by atoms with Crippen molar-refractivity contribution >= 4 is 5.97 Å². The molecular formula is C12H15NO3. The Hall–Kier alpha value is -1.58. The van der Waals surface area contributed by atoms with Crippen LogP contribution in [0.15, 0.2) is 18.3 Å². The number of rotatable bonds is 3. The fraction of sp³-hybridized carbons (Fsp3) is 0.500. The summed E-state index contributed by atoms with van der Waals surface area (Å²) in [5.74, 6) is -0.385. The second-order valence-corrected chi connectivity index (χ2v) is 4.74. The highest BCUT2D eigenvalue weighted by molar-refractivity contribution is 5.77. The lowest BCUT2D eigenvalue weighted by atomic mass is 10.1. The largest absolute Gasteiger partial charge is 0.497 e. The zero-order chi connectivity index (χ0) is 11.9. The Morgan fingerprint density at radius 2 is 2.25 bits per heavy atom. The molecule has 0 unspecified atom stereocenters. The lowest BCUT2D eigenvalue weighted by Gasteiger charge is -2.04. The molecule has 4 nitrogen and oxygen atoms in total. The number of hydrogen-bond acceptors (Lipinski definition) is 3. The summed E-state index contributed by atoms with van der Waals surface area (Å²) in [6.07, 6.45) is 1.65. The number of methoxy groups -OCH3 is 1. The van der Waals surface area contributed by atoms with Crippen molar-refractivity contribution in [1.29, 1.82) is 0 Å². The van der Waals surface area contributed by atoms with Crippen LogP contribution in [0.5, 0.6) is 5.75 Å². The van der Waals surface area contributed by atoms with E-state index in [1.165, 1.54) is 0 Å². The molecule has 0 aromatic carbocycles. The molecule has 1 aromatic rings. The summed E-state index contributed by atoms with van der Waals surface area (Å²) >= 11 is 0. The van der Waals surface area contributed by atoms with Gasteiger partial charge in [0.05, 0.1) is 13.0 Å². The highest BCUT2D eigenvalue weighted by Crippen LogP contribution is 2.64. The maximum atomic E-state index is 11.1. The maximum Gasteiger partial charge on any atom is 0.307 e. The van der Waals surface area contributed by atoms with Crippen molar-refractivity contribution in [2.75, 3.05) is 7.11 Å². The van der Waals surface area contributed by atoms with E-state index in [1.54, 1.807) is 19.4 Å². The number of carboxylic acid groups (broad SMARTS) is 1. The Balaban J connectivity index is 2.29. The predicted octanol–water partition coefficient (Wildman–Crippen LogP) is 1.91. The molecule has 1 saturated carbocycles. The van der Waals surface area contributed by atoms with Gasteiger partial charge >= 0.3 is 5.97 Å². The zero-order valence-electron chi connectivity index (χ0n) is 9.60. The number of carbonyl (C=O) groups is 1. The molecule has 2 rings (SSSR count). The Labute approximate surface area is 94.3 Å². The van der Waals surface area contributed by atoms with E-state index < -0.39 is 5.97 Å². The number of carboxylic acids is 1. The van der Waals surface area contributed by atoms with Gasteiger partial charge in [0.1, 0.15) is 5.75 Å². The Morgan fingerprint density at radius 1 is 1.56 bits per heavy atom. The minimum absolute atomic E-state index is 0.0138. The van der Waals surface area contributed by atoms with Crippen LogP contribution in [0.2, 0.25) is 0 Å². The summed E-state index contributed by atoms with van der Waals surface area (Å²) in [6.45, 7) is 3.91. The summed E-state index contributed by atoms with van der Waals surface area (Å²) in [7, 11) is 1.59. The summed E-state index contributed by atoms with van der Waals surface area (Å²) < 4.78 is 5.11. The molecule has 1 aliphatic rings. The molecule has 0 bridgehead atoms. The minimum Gasteiger partial charge on any atom is -0.497 e. The normalized spacial score (nSPS) is 26.2. The van der Waals surface area contributed by atoms with E-state index in [9.17, 15) is 4.79 Å². The molecule has 1 heterocycles. The SMILES string of the molecule is COc1ccnc([C@H]2[C@H](C(=O)O)C2(C)C)c1. The first-order chi connectivity index (χ1) is 7.48. The lowest BCUT2D eigenvalue weighted by Crippen LogP contribution is -2.03. The van der Waals surface area contributed by atoms with Gasteiger partial charge < -0.3 is 9.84 Å². The summed E-state index contributed by atoms with van der Waals surface area (Å²) in [4.78, 5) is 15.3. The Morgan fingerprint density at radius 3 is 2.75 bits per heavy atom. The molecule has 1 N–H and O–H groups in total. The molecule has 1 aliphatic carbocycles. The smallest absolute Gasteiger partial charge is 0.307 e. The number of nitrogens with zero attached hydrogens (tertiary/aromatic N) is 1. The Bertz CT molecular complexity index is 428. The van der Waals surface area contributed by atoms with E-state index in [4.69, 9.17) is 9.84 Å². The van der Waals surface area contributed by atoms with Gasteiger partial charge in [0.25, 0.3) is 0 Å². The summed E-state index contributed by atoms with van der Waals surface area (Å²) in [6, 6.07) is 3.57. The van der Waals surface area contributed by atoms with Crippen molar-refractivity contribution in [3.05, 3.63) is 24.0 Å². The van der Waals surface area contributed by atoms with Crippen molar-refractivity contribution in [3.63, 3.8) is 0 Å². The molecule has 0 aliphatic heterocycles. The summed E-state index contributed by atoms with van der Waals surface area (Å²) in [5, 5.41) is 9.09. The average molecular weight is 221 g/mol. The van der Waals surface area contributed by atoms with Crippen LogP contribution in [0.3, 0.4) is 0 Å². The van der Waals surface area contributed by atoms with Gasteiger partial charge in [-0.25, -0.2) is 0 Å². The van der Waals surface area contributed by atoms with Crippen molar-refractivity contribution in [2.45, 2.75) is 19.8 Å². The van der Waals surface area contributed by atoms with E-state index in [0.29, 0.717) is 0 Å². The second-order valence-electron chi connectivity index (χ2n) is 4.74. The highest BCUT2D eigenvalue weighted by atomic mass is 16.5. The molecule has 0 radical (unpaired) electrons. The Kier molecular flexibility index (Phi) is 2.37. The molecule has 2 atom stereocenters. The molecule has 4 heteroatoms. The topological polar surface area (TPSA) is 59.4 Å². The number of hydrogen-bond donors (Lipinski definition) is 1. The van der Waals surface area contributed by atoms with Crippen LogP contribution in [0, 0.1) is 11.3 Å². The van der Waals surface area contributed by atoms with E-state index in [-0.39, 0.29) is 17.3 Å². The van der Waals surface area contributed by atoms with Gasteiger partial charge in [-0.3, -0.25) is 9.78 Å². The molecule has 1 fully saturated rings. The van der Waals surface area contributed by atoms with Crippen LogP contribution in [0.25, 0.3) is 0 Å². The number of pyridine rings is 1. The molecule has 0 spiro atoms. The molecule has 86 valence electrons. The number of aliphatic carboxylic acids is 1. The van der Waals surface area contributed by atoms with Crippen molar-refractivity contribution in [1.82, 2.24) is 4.98 Å². The summed E-state index contributed by atoms with van der Waals surface area (Å²) in [5.41, 5.74) is 0.585. The molecular weight excluding hydrogens is 206 g/mol. The molecule has 1 aromatic heterocycles. The zero-order valence-corrected chi connectivity index (χ0v) is 9.60. The van der Waals surface area contributed by atoms with Gasteiger partial charge in [0.15, 0.2) is 0 Å². The van der Waals surface area contributed by atoms with Crippen LogP contribution in [0.1, 0.15) is 25.5 Å². The van der Waals surface area contributed by atoms with E-state index >= 15 is 0 Å². The van der Waals surface area contributed by atoms with Gasteiger partial charge in [-0.2, -0.15) is 0 Å². The predicted molar refractivity (Wildman–Crippen MR) is 58.4 cm³/mol. The maximum absolute atomic E-state index is 11.1. The van der Waals surface area contributed by atoms with Crippen molar-refractivity contribution in [2.24, 2.45) is 11.3 Å². The number of aromatic nitrogens is 1. The minimum atomic E-state index is -0.750. The fourth-order valence-corrected chi connectivity index (χ4v) is 2.38. The van der Waals surface area contributed by atoms with Gasteiger partial charge in [-0.05, 0) is 11.5 Å². The second kappa shape index (κ2) is 3.47. The third kappa shape index (κ3) is 1.54. The van der Waals surface area contributed by atoms with E-state index in [2.05, 4.69) is 4.98 Å². The van der Waals surface area contributed by atoms with Gasteiger partial charge in [0, 0.05) is 23.9 Å². The quantitative estimate of drug-likeness (QED) is 0.847. The number of ether oxygens (including phenoxy) is 1. The third-order valence-electron chi connectivity index (χ3n) is 3.40. The first-order valence-corrected chi connectivity index (χ1v) is 5.21. The highest BCUT2D eigenvalue weighted by Gasteiger charge is 2.63. The third-order valence-corrected chi connectivity index (χ3v) is 3.40. The van der Waals surface area contributed by atoms with Gasteiger partial charge in [-0.1, -0.05) is 13.8 Å². The lowest BCUT2D eigenvalue weighted by molar-refractivity contribution is -0.139. The van der Waals surface area contributed by atoms with Crippen LogP contribution in [-0.2, 0) is 4.79 Å². The van der Waals surface area contributed by atoms with Crippen LogP contribution in [0.4, 0.5) is 0 Å². The average Bonchev–Trinajstić information content (AvgIpc) is 2.82.